The molecule has 48 heavy (non-hydrogen) atoms. The molecule has 4 rings (SSSR count). The highest BCUT2D eigenvalue weighted by Gasteiger charge is 2.49. The molecule has 0 aliphatic carbocycles. The fourth-order valence-corrected chi connectivity index (χ4v) is 6.53. The Labute approximate surface area is 282 Å². The van der Waals surface area contributed by atoms with E-state index in [9.17, 15) is 24.9 Å². The number of aliphatic hydroxyl groups excluding tert-OH is 2. The minimum absolute atomic E-state index is 0.0273. The molecule has 14 heteroatoms. The molecule has 0 saturated carbocycles. The zero-order valence-corrected chi connectivity index (χ0v) is 29.1. The van der Waals surface area contributed by atoms with Crippen LogP contribution in [0.1, 0.15) is 53.9 Å². The van der Waals surface area contributed by atoms with Crippen molar-refractivity contribution in [3.8, 4) is 0 Å². The van der Waals surface area contributed by atoms with Gasteiger partial charge in [0, 0.05) is 45.7 Å². The summed E-state index contributed by atoms with van der Waals surface area (Å²) in [5, 5.41) is 32.5. The van der Waals surface area contributed by atoms with Gasteiger partial charge < -0.3 is 58.0 Å². The fourth-order valence-electron chi connectivity index (χ4n) is 6.53. The molecule has 0 spiro atoms. The Morgan fingerprint density at radius 3 is 2.23 bits per heavy atom. The van der Waals surface area contributed by atoms with Crippen molar-refractivity contribution in [1.82, 2.24) is 0 Å². The second kappa shape index (κ2) is 16.9. The lowest BCUT2D eigenvalue weighted by molar-refractivity contribution is -0.305. The number of carbonyl (C=O) groups is 2. The van der Waals surface area contributed by atoms with Gasteiger partial charge in [-0.05, 0) is 52.7 Å². The number of esters is 1. The number of carbonyl (C=O) groups excluding carboxylic acids is 2. The Hall–Kier alpha value is -1.82. The van der Waals surface area contributed by atoms with Crippen LogP contribution in [0.5, 0.6) is 0 Å². The predicted octanol–water partition coefficient (Wildman–Crippen LogP) is 1.21. The van der Waals surface area contributed by atoms with Crippen molar-refractivity contribution in [2.24, 2.45) is 11.8 Å². The molecular weight excluding hydrogens is 632 g/mol. The summed E-state index contributed by atoms with van der Waals surface area (Å²) < 4.78 is 52.3. The van der Waals surface area contributed by atoms with E-state index in [0.717, 1.165) is 0 Å². The highest BCUT2D eigenvalue weighted by atomic mass is 16.7. The van der Waals surface area contributed by atoms with Gasteiger partial charge in [-0.1, -0.05) is 13.0 Å². The van der Waals surface area contributed by atoms with Crippen LogP contribution in [0.3, 0.4) is 0 Å². The second-order valence-electron chi connectivity index (χ2n) is 13.5. The molecule has 0 aromatic heterocycles. The average Bonchev–Trinajstić information content (AvgIpc) is 3.81. The number of epoxide rings is 1. The van der Waals surface area contributed by atoms with Gasteiger partial charge in [0.1, 0.15) is 42.2 Å². The molecule has 0 aromatic carbocycles. The molecule has 4 aliphatic heterocycles. The first-order valence-electron chi connectivity index (χ1n) is 16.7. The summed E-state index contributed by atoms with van der Waals surface area (Å²) in [7, 11) is 4.45. The zero-order chi connectivity index (χ0) is 35.3. The van der Waals surface area contributed by atoms with Gasteiger partial charge in [-0.25, -0.2) is 4.79 Å². The minimum Gasteiger partial charge on any atom is -0.459 e. The summed E-state index contributed by atoms with van der Waals surface area (Å²) >= 11 is 0. The SMILES string of the molecule is CO[C@@H]1[C@@H](OC[C@H]2[C@@H]3O[C@@H]3/C=C/C(=O)[C@](C)(O)CC[C@@H](O[C@H]3O[C@@H](C)C[C@@H](OC)[C@@H]3O)[C@H](C)/C=C/C(=O)O[C@@H]2C)O[C@@H](C)[C@H](O)[C@H]1OC. The molecule has 0 bridgehead atoms. The van der Waals surface area contributed by atoms with E-state index in [4.69, 9.17) is 42.6 Å². The van der Waals surface area contributed by atoms with Crippen molar-refractivity contribution in [3.05, 3.63) is 24.3 Å². The molecule has 274 valence electrons. The summed E-state index contributed by atoms with van der Waals surface area (Å²) in [6, 6.07) is 0. The van der Waals surface area contributed by atoms with Crippen LogP contribution in [0.2, 0.25) is 0 Å². The first-order chi connectivity index (χ1) is 22.7. The van der Waals surface area contributed by atoms with E-state index in [0.29, 0.717) is 6.42 Å². The molecule has 0 radical (unpaired) electrons. The Morgan fingerprint density at radius 2 is 1.56 bits per heavy atom. The van der Waals surface area contributed by atoms with Crippen molar-refractivity contribution >= 4 is 11.8 Å². The third kappa shape index (κ3) is 9.49. The lowest BCUT2D eigenvalue weighted by atomic mass is 9.89. The molecule has 3 saturated heterocycles. The van der Waals surface area contributed by atoms with E-state index < -0.39 is 103 Å². The summed E-state index contributed by atoms with van der Waals surface area (Å²) in [6.07, 6.45) is -2.35. The Balaban J connectivity index is 1.53. The Kier molecular flexibility index (Phi) is 13.7. The number of rotatable bonds is 8. The van der Waals surface area contributed by atoms with Gasteiger partial charge in [0.05, 0.1) is 37.1 Å². The van der Waals surface area contributed by atoms with Crippen LogP contribution >= 0.6 is 0 Å². The standard InChI is InChI=1S/C34H54O14/c1-17-9-12-26(36)45-19(3)21(16-43-33-31(42-8)30(41-7)27(37)20(4)46-33)29-23(47-29)10-11-25(35)34(5,39)14-13-22(17)48-32-28(38)24(40-6)15-18(2)44-32/h9-12,17-24,27-33,37-39H,13-16H2,1-8H3/b11-10+,12-9+/t17-,18+,19-,20+,21-,22-,23-,24-,27+,28+,29+,30-,31+,32-,33+,34-/m1/s1. The number of fused-ring (bicyclic) bond motifs is 1. The number of hydrogen-bond donors (Lipinski definition) is 3. The van der Waals surface area contributed by atoms with Crippen LogP contribution in [0.4, 0.5) is 0 Å². The lowest BCUT2D eigenvalue weighted by Gasteiger charge is -2.42. The monoisotopic (exact) mass is 686 g/mol. The van der Waals surface area contributed by atoms with Crippen LogP contribution in [0.25, 0.3) is 0 Å². The van der Waals surface area contributed by atoms with Gasteiger partial charge in [-0.15, -0.1) is 0 Å². The molecule has 0 amide bonds. The Bertz CT molecular complexity index is 1130. The quantitative estimate of drug-likeness (QED) is 0.245. The van der Waals surface area contributed by atoms with Crippen LogP contribution < -0.4 is 0 Å². The number of ketones is 1. The third-order valence-corrected chi connectivity index (χ3v) is 9.85. The minimum atomic E-state index is -1.72. The van der Waals surface area contributed by atoms with Crippen LogP contribution in [0.15, 0.2) is 24.3 Å². The lowest BCUT2D eigenvalue weighted by Crippen LogP contribution is -2.59. The van der Waals surface area contributed by atoms with Crippen LogP contribution in [-0.2, 0) is 52.2 Å². The van der Waals surface area contributed by atoms with Gasteiger partial charge in [-0.3, -0.25) is 4.79 Å². The topological polar surface area (TPSA) is 181 Å². The van der Waals surface area contributed by atoms with Crippen molar-refractivity contribution in [3.63, 3.8) is 0 Å². The molecule has 4 aliphatic rings. The number of cyclic esters (lactones) is 1. The summed E-state index contributed by atoms with van der Waals surface area (Å²) in [5.41, 5.74) is -1.72. The van der Waals surface area contributed by atoms with E-state index in [1.54, 1.807) is 26.0 Å². The third-order valence-electron chi connectivity index (χ3n) is 9.85. The van der Waals surface area contributed by atoms with Crippen LogP contribution in [0, 0.1) is 11.8 Å². The van der Waals surface area contributed by atoms with Crippen molar-refractivity contribution < 1.29 is 67.5 Å². The maximum atomic E-state index is 13.2. The maximum absolute atomic E-state index is 13.2. The number of hydrogen-bond acceptors (Lipinski definition) is 14. The molecule has 16 atom stereocenters. The predicted molar refractivity (Wildman–Crippen MR) is 169 cm³/mol. The van der Waals surface area contributed by atoms with Crippen LogP contribution in [-0.4, -0.2) is 140 Å². The molecule has 3 fully saturated rings. The highest BCUT2D eigenvalue weighted by Crippen LogP contribution is 2.36. The normalized spacial score (nSPS) is 47.5. The second-order valence-corrected chi connectivity index (χ2v) is 13.5. The largest absolute Gasteiger partial charge is 0.459 e. The first-order valence-corrected chi connectivity index (χ1v) is 16.7. The van der Waals surface area contributed by atoms with E-state index in [2.05, 4.69) is 0 Å². The number of methoxy groups -OCH3 is 3. The van der Waals surface area contributed by atoms with Gasteiger partial charge >= 0.3 is 5.97 Å². The van der Waals surface area contributed by atoms with Crippen molar-refractivity contribution in [1.29, 1.82) is 0 Å². The summed E-state index contributed by atoms with van der Waals surface area (Å²) in [4.78, 5) is 26.3. The van der Waals surface area contributed by atoms with Gasteiger partial charge in [0.15, 0.2) is 18.4 Å². The number of ether oxygens (including phenoxy) is 9. The molecule has 0 unspecified atom stereocenters. The Morgan fingerprint density at radius 1 is 0.854 bits per heavy atom. The average molecular weight is 687 g/mol. The van der Waals surface area contributed by atoms with Crippen molar-refractivity contribution in [2.45, 2.75) is 139 Å². The zero-order valence-electron chi connectivity index (χ0n) is 29.1. The highest BCUT2D eigenvalue weighted by molar-refractivity contribution is 5.96. The van der Waals surface area contributed by atoms with Gasteiger partial charge in [0.2, 0.25) is 0 Å². The summed E-state index contributed by atoms with van der Waals surface area (Å²) in [6.45, 7) is 8.58. The first kappa shape index (κ1) is 39.0. The molecule has 0 aromatic rings. The van der Waals surface area contributed by atoms with Gasteiger partial charge in [0.25, 0.3) is 0 Å². The molecule has 14 nitrogen and oxygen atoms in total. The van der Waals surface area contributed by atoms with E-state index in [1.807, 2.05) is 13.8 Å². The van der Waals surface area contributed by atoms with Crippen molar-refractivity contribution in [2.75, 3.05) is 27.9 Å². The number of aliphatic hydroxyl groups is 3. The van der Waals surface area contributed by atoms with E-state index in [1.165, 1.54) is 40.4 Å². The maximum Gasteiger partial charge on any atom is 0.330 e. The molecular formula is C34H54O14. The smallest absolute Gasteiger partial charge is 0.330 e. The molecule has 3 N–H and O–H groups in total. The van der Waals surface area contributed by atoms with E-state index >= 15 is 0 Å². The fraction of sp³-hybridized carbons (Fsp3) is 0.824. The van der Waals surface area contributed by atoms with E-state index in [-0.39, 0.29) is 25.6 Å². The molecule has 4 heterocycles. The van der Waals surface area contributed by atoms with Gasteiger partial charge in [-0.2, -0.15) is 0 Å². The summed E-state index contributed by atoms with van der Waals surface area (Å²) in [5.74, 6) is -2.00.